The highest BCUT2D eigenvalue weighted by Gasteiger charge is 2.26. The Balaban J connectivity index is 3.73. The zero-order valence-electron chi connectivity index (χ0n) is 7.39. The van der Waals surface area contributed by atoms with Crippen LogP contribution in [0.5, 0.6) is 0 Å². The number of hydrogen-bond donors (Lipinski definition) is 1. The Morgan fingerprint density at radius 2 is 1.70 bits per heavy atom. The standard InChI is InChI=1S/C7H17NOS/c1-6(2)8-10(9)7(3,4)5/h6,8H,1-5H3/t10-/m0/s1. The van der Waals surface area contributed by atoms with Gasteiger partial charge in [0.1, 0.15) is 4.75 Å². The normalized spacial score (nSPS) is 15.9. The van der Waals surface area contributed by atoms with Crippen LogP contribution in [0.4, 0.5) is 0 Å². The van der Waals surface area contributed by atoms with Crippen molar-refractivity contribution in [3.05, 3.63) is 0 Å². The van der Waals surface area contributed by atoms with Gasteiger partial charge in [-0.05, 0) is 34.6 Å². The van der Waals surface area contributed by atoms with E-state index < -0.39 is 11.4 Å². The average molecular weight is 163 g/mol. The van der Waals surface area contributed by atoms with Crippen LogP contribution < -0.4 is 4.72 Å². The monoisotopic (exact) mass is 163 g/mol. The molecular formula is C7H17NOS. The molecule has 0 amide bonds. The lowest BCUT2D eigenvalue weighted by Crippen LogP contribution is -2.42. The highest BCUT2D eigenvalue weighted by Crippen LogP contribution is 2.13. The van der Waals surface area contributed by atoms with Gasteiger partial charge in [0.05, 0.1) is 0 Å². The van der Waals surface area contributed by atoms with Gasteiger partial charge in [0.2, 0.25) is 0 Å². The Labute approximate surface area is 66.7 Å². The summed E-state index contributed by atoms with van der Waals surface area (Å²) in [6.45, 7) is 9.85. The second kappa shape index (κ2) is 3.60. The van der Waals surface area contributed by atoms with Crippen LogP contribution in [-0.2, 0) is 11.4 Å². The summed E-state index contributed by atoms with van der Waals surface area (Å²) in [5.41, 5.74) is 0. The third kappa shape index (κ3) is 4.14. The highest BCUT2D eigenvalue weighted by molar-refractivity contribution is 7.90. The van der Waals surface area contributed by atoms with Crippen LogP contribution in [0.1, 0.15) is 34.6 Å². The fraction of sp³-hybridized carbons (Fsp3) is 1.00. The Bertz CT molecular complexity index is 98.3. The molecule has 1 atom stereocenters. The van der Waals surface area contributed by atoms with E-state index in [-0.39, 0.29) is 4.75 Å². The molecule has 0 aliphatic carbocycles. The smallest absolute Gasteiger partial charge is 0.136 e. The second-order valence-corrected chi connectivity index (χ2v) is 5.65. The lowest BCUT2D eigenvalue weighted by atomic mass is 10.3. The van der Waals surface area contributed by atoms with Gasteiger partial charge in [-0.3, -0.25) is 0 Å². The fourth-order valence-electron chi connectivity index (χ4n) is 0.391. The van der Waals surface area contributed by atoms with Gasteiger partial charge in [-0.1, -0.05) is 0 Å². The number of rotatable bonds is 2. The van der Waals surface area contributed by atoms with Crippen molar-refractivity contribution in [2.24, 2.45) is 0 Å². The molecule has 0 rings (SSSR count). The molecule has 0 spiro atoms. The van der Waals surface area contributed by atoms with Crippen molar-refractivity contribution in [2.45, 2.75) is 45.4 Å². The highest BCUT2D eigenvalue weighted by atomic mass is 32.2. The molecule has 0 aromatic heterocycles. The summed E-state index contributed by atoms with van der Waals surface area (Å²) in [5, 5.41) is 0. The zero-order valence-corrected chi connectivity index (χ0v) is 8.21. The van der Waals surface area contributed by atoms with E-state index in [1.165, 1.54) is 0 Å². The van der Waals surface area contributed by atoms with Gasteiger partial charge in [-0.15, -0.1) is 4.72 Å². The third-order valence-corrected chi connectivity index (χ3v) is 2.70. The summed E-state index contributed by atoms with van der Waals surface area (Å²) in [7, 11) is 0. The molecule has 0 unspecified atom stereocenters. The Morgan fingerprint density at radius 3 is 1.80 bits per heavy atom. The molecule has 0 aromatic rings. The molecule has 0 radical (unpaired) electrons. The first-order valence-electron chi connectivity index (χ1n) is 3.52. The maximum Gasteiger partial charge on any atom is 0.136 e. The SMILES string of the molecule is CC(C)N[S@@+]([O-])C(C)(C)C. The first kappa shape index (κ1) is 10.3. The van der Waals surface area contributed by atoms with Gasteiger partial charge in [-0.25, -0.2) is 0 Å². The summed E-state index contributed by atoms with van der Waals surface area (Å²) in [6, 6.07) is 0.292. The second-order valence-electron chi connectivity index (χ2n) is 3.65. The van der Waals surface area contributed by atoms with Crippen LogP contribution in [-0.4, -0.2) is 15.3 Å². The quantitative estimate of drug-likeness (QED) is 0.625. The molecule has 1 N–H and O–H groups in total. The first-order chi connectivity index (χ1) is 4.34. The van der Waals surface area contributed by atoms with Crippen molar-refractivity contribution in [1.82, 2.24) is 4.72 Å². The maximum absolute atomic E-state index is 11.3. The maximum atomic E-state index is 11.3. The van der Waals surface area contributed by atoms with E-state index in [1.54, 1.807) is 0 Å². The molecule has 0 aliphatic heterocycles. The topological polar surface area (TPSA) is 35.1 Å². The van der Waals surface area contributed by atoms with Crippen LogP contribution in [0.2, 0.25) is 0 Å². The van der Waals surface area contributed by atoms with Gasteiger partial charge in [-0.2, -0.15) is 0 Å². The molecule has 0 fully saturated rings. The van der Waals surface area contributed by atoms with E-state index in [1.807, 2.05) is 34.6 Å². The van der Waals surface area contributed by atoms with Gasteiger partial charge in [0, 0.05) is 17.4 Å². The summed E-state index contributed by atoms with van der Waals surface area (Å²) in [5.74, 6) is 0. The third-order valence-electron chi connectivity index (χ3n) is 0.899. The van der Waals surface area contributed by atoms with Crippen molar-refractivity contribution in [3.63, 3.8) is 0 Å². The minimum absolute atomic E-state index is 0.149. The molecule has 0 bridgehead atoms. The fourth-order valence-corrected chi connectivity index (χ4v) is 1.17. The van der Waals surface area contributed by atoms with Gasteiger partial charge in [0.25, 0.3) is 0 Å². The Hall–Kier alpha value is 0.270. The Morgan fingerprint density at radius 1 is 1.30 bits per heavy atom. The number of nitrogens with one attached hydrogen (secondary N) is 1. The van der Waals surface area contributed by atoms with Crippen LogP contribution in [0.15, 0.2) is 0 Å². The molecule has 0 aliphatic rings. The van der Waals surface area contributed by atoms with Crippen molar-refractivity contribution in [3.8, 4) is 0 Å². The molecule has 0 saturated heterocycles. The Kier molecular flexibility index (Phi) is 3.70. The minimum Gasteiger partial charge on any atom is -0.598 e. The van der Waals surface area contributed by atoms with E-state index in [9.17, 15) is 4.55 Å². The number of hydrogen-bond acceptors (Lipinski definition) is 2. The van der Waals surface area contributed by atoms with Crippen molar-refractivity contribution < 1.29 is 4.55 Å². The first-order valence-corrected chi connectivity index (χ1v) is 4.67. The summed E-state index contributed by atoms with van der Waals surface area (Å²) >= 11 is -0.917. The summed E-state index contributed by atoms with van der Waals surface area (Å²) < 4.78 is 14.1. The predicted octanol–water partition coefficient (Wildman–Crippen LogP) is 1.45. The largest absolute Gasteiger partial charge is 0.598 e. The van der Waals surface area contributed by atoms with E-state index in [0.29, 0.717) is 6.04 Å². The van der Waals surface area contributed by atoms with E-state index in [4.69, 9.17) is 0 Å². The zero-order chi connectivity index (χ0) is 8.36. The van der Waals surface area contributed by atoms with E-state index >= 15 is 0 Å². The molecule has 0 saturated carbocycles. The van der Waals surface area contributed by atoms with Crippen molar-refractivity contribution in [2.75, 3.05) is 0 Å². The molecule has 0 heterocycles. The summed E-state index contributed by atoms with van der Waals surface area (Å²) in [6.07, 6.45) is 0. The molecule has 10 heavy (non-hydrogen) atoms. The molecular weight excluding hydrogens is 146 g/mol. The molecule has 62 valence electrons. The van der Waals surface area contributed by atoms with Crippen LogP contribution in [0.3, 0.4) is 0 Å². The van der Waals surface area contributed by atoms with Gasteiger partial charge < -0.3 is 4.55 Å². The lowest BCUT2D eigenvalue weighted by molar-refractivity contribution is 0.534. The van der Waals surface area contributed by atoms with Crippen molar-refractivity contribution in [1.29, 1.82) is 0 Å². The van der Waals surface area contributed by atoms with Crippen molar-refractivity contribution >= 4 is 11.4 Å². The molecule has 0 aromatic carbocycles. The molecule has 3 heteroatoms. The summed E-state index contributed by atoms with van der Waals surface area (Å²) in [4.78, 5) is 0. The average Bonchev–Trinajstić information content (AvgIpc) is 1.60. The molecule has 2 nitrogen and oxygen atoms in total. The lowest BCUT2D eigenvalue weighted by Gasteiger charge is -2.25. The van der Waals surface area contributed by atoms with Gasteiger partial charge in [0.15, 0.2) is 0 Å². The van der Waals surface area contributed by atoms with Crippen LogP contribution in [0, 0.1) is 0 Å². The van der Waals surface area contributed by atoms with Crippen LogP contribution >= 0.6 is 0 Å². The predicted molar refractivity (Wildman–Crippen MR) is 46.2 cm³/mol. The van der Waals surface area contributed by atoms with E-state index in [2.05, 4.69) is 4.72 Å². The van der Waals surface area contributed by atoms with Gasteiger partial charge >= 0.3 is 0 Å². The minimum atomic E-state index is -0.917. The van der Waals surface area contributed by atoms with Crippen LogP contribution in [0.25, 0.3) is 0 Å². The van der Waals surface area contributed by atoms with E-state index in [0.717, 1.165) is 0 Å².